The van der Waals surface area contributed by atoms with Gasteiger partial charge in [0.25, 0.3) is 10.0 Å². The zero-order valence-electron chi connectivity index (χ0n) is 12.9. The Balaban J connectivity index is 1.78. The normalized spacial score (nSPS) is 17.1. The first-order valence-electron chi connectivity index (χ1n) is 7.62. The maximum atomic E-state index is 12.4. The molecule has 1 N–H and O–H groups in total. The monoisotopic (exact) mass is 333 g/mol. The molecule has 6 heteroatoms. The van der Waals surface area contributed by atoms with E-state index < -0.39 is 21.3 Å². The topological polar surface area (TPSA) is 76.4 Å². The standard InChI is InChI=1S/C17H19NO4S/c1-17(10-2-3-11-17)16(19)18-23(20,21)14-8-6-13(7-9-14)15-5-4-12-22-15/h4-9,12H,2-3,10-11H2,1H3,(H,18,19). The maximum Gasteiger partial charge on any atom is 0.264 e. The van der Waals surface area contributed by atoms with Crippen molar-refractivity contribution < 1.29 is 17.6 Å². The molecule has 0 spiro atoms. The summed E-state index contributed by atoms with van der Waals surface area (Å²) in [4.78, 5) is 12.4. The Labute approximate surface area is 135 Å². The van der Waals surface area contributed by atoms with E-state index >= 15 is 0 Å². The smallest absolute Gasteiger partial charge is 0.264 e. The molecule has 0 unspecified atom stereocenters. The van der Waals surface area contributed by atoms with Crippen molar-refractivity contribution in [3.8, 4) is 11.3 Å². The summed E-state index contributed by atoms with van der Waals surface area (Å²) in [5.74, 6) is 0.251. The minimum Gasteiger partial charge on any atom is -0.464 e. The molecule has 0 bridgehead atoms. The predicted molar refractivity (Wildman–Crippen MR) is 86.0 cm³/mol. The molecule has 1 aromatic carbocycles. The number of hydrogen-bond donors (Lipinski definition) is 1. The highest BCUT2D eigenvalue weighted by Crippen LogP contribution is 2.38. The van der Waals surface area contributed by atoms with E-state index in [-0.39, 0.29) is 4.90 Å². The van der Waals surface area contributed by atoms with E-state index in [1.165, 1.54) is 12.1 Å². The highest BCUT2D eigenvalue weighted by atomic mass is 32.2. The quantitative estimate of drug-likeness (QED) is 0.931. The number of carbonyl (C=O) groups is 1. The van der Waals surface area contributed by atoms with Gasteiger partial charge in [-0.2, -0.15) is 0 Å². The number of sulfonamides is 1. The van der Waals surface area contributed by atoms with Gasteiger partial charge in [0.1, 0.15) is 5.76 Å². The highest BCUT2D eigenvalue weighted by molar-refractivity contribution is 7.90. The van der Waals surface area contributed by atoms with Gasteiger partial charge in [-0.25, -0.2) is 13.1 Å². The van der Waals surface area contributed by atoms with E-state index in [2.05, 4.69) is 4.72 Å². The van der Waals surface area contributed by atoms with E-state index in [4.69, 9.17) is 4.42 Å². The lowest BCUT2D eigenvalue weighted by molar-refractivity contribution is -0.127. The van der Waals surface area contributed by atoms with Gasteiger partial charge in [-0.3, -0.25) is 4.79 Å². The predicted octanol–water partition coefficient (Wildman–Crippen LogP) is 3.33. The first-order chi connectivity index (χ1) is 10.9. The van der Waals surface area contributed by atoms with Gasteiger partial charge in [0.15, 0.2) is 0 Å². The molecule has 1 aromatic heterocycles. The molecule has 23 heavy (non-hydrogen) atoms. The van der Waals surface area contributed by atoms with Gasteiger partial charge in [-0.15, -0.1) is 0 Å². The third kappa shape index (κ3) is 3.17. The number of hydrogen-bond acceptors (Lipinski definition) is 4. The summed E-state index contributed by atoms with van der Waals surface area (Å²) in [6.07, 6.45) is 4.93. The van der Waals surface area contributed by atoms with Crippen LogP contribution in [-0.2, 0) is 14.8 Å². The van der Waals surface area contributed by atoms with Gasteiger partial charge < -0.3 is 4.42 Å². The fourth-order valence-electron chi connectivity index (χ4n) is 2.93. The van der Waals surface area contributed by atoms with Crippen LogP contribution in [0.4, 0.5) is 0 Å². The van der Waals surface area contributed by atoms with Crippen LogP contribution in [0.1, 0.15) is 32.6 Å². The molecule has 3 rings (SSSR count). The van der Waals surface area contributed by atoms with Crippen molar-refractivity contribution >= 4 is 15.9 Å². The largest absolute Gasteiger partial charge is 0.464 e. The first-order valence-corrected chi connectivity index (χ1v) is 9.10. The summed E-state index contributed by atoms with van der Waals surface area (Å²) >= 11 is 0. The number of carbonyl (C=O) groups excluding carboxylic acids is 1. The fraction of sp³-hybridized carbons (Fsp3) is 0.353. The summed E-state index contributed by atoms with van der Waals surface area (Å²) in [7, 11) is -3.85. The van der Waals surface area contributed by atoms with Crippen LogP contribution in [0.2, 0.25) is 0 Å². The molecule has 0 aliphatic heterocycles. The first kappa shape index (κ1) is 15.8. The number of furan rings is 1. The van der Waals surface area contributed by atoms with Crippen LogP contribution in [0.15, 0.2) is 52.0 Å². The Morgan fingerprint density at radius 2 is 1.78 bits per heavy atom. The molecule has 1 aliphatic rings. The van der Waals surface area contributed by atoms with Crippen molar-refractivity contribution in [3.05, 3.63) is 42.7 Å². The Kier molecular flexibility index (Phi) is 4.02. The van der Waals surface area contributed by atoms with Crippen LogP contribution in [0.3, 0.4) is 0 Å². The lowest BCUT2D eigenvalue weighted by Crippen LogP contribution is -2.40. The van der Waals surface area contributed by atoms with E-state index in [9.17, 15) is 13.2 Å². The molecule has 1 amide bonds. The van der Waals surface area contributed by atoms with Crippen molar-refractivity contribution in [2.75, 3.05) is 0 Å². The van der Waals surface area contributed by atoms with Crippen LogP contribution >= 0.6 is 0 Å². The molecule has 5 nitrogen and oxygen atoms in total. The van der Waals surface area contributed by atoms with Gasteiger partial charge >= 0.3 is 0 Å². The van der Waals surface area contributed by atoms with Crippen molar-refractivity contribution in [2.45, 2.75) is 37.5 Å². The van der Waals surface area contributed by atoms with Gasteiger partial charge in [0, 0.05) is 11.0 Å². The number of nitrogens with one attached hydrogen (secondary N) is 1. The third-order valence-corrected chi connectivity index (χ3v) is 5.80. The average molecular weight is 333 g/mol. The molecule has 0 saturated heterocycles. The van der Waals surface area contributed by atoms with Crippen molar-refractivity contribution in [1.29, 1.82) is 0 Å². The van der Waals surface area contributed by atoms with Gasteiger partial charge in [0.2, 0.25) is 5.91 Å². The van der Waals surface area contributed by atoms with Crippen LogP contribution in [-0.4, -0.2) is 14.3 Å². The molecule has 2 aromatic rings. The lowest BCUT2D eigenvalue weighted by atomic mass is 9.88. The minimum atomic E-state index is -3.85. The molecule has 0 atom stereocenters. The van der Waals surface area contributed by atoms with Crippen molar-refractivity contribution in [1.82, 2.24) is 4.72 Å². The van der Waals surface area contributed by atoms with E-state index in [1.54, 1.807) is 30.5 Å². The lowest BCUT2D eigenvalue weighted by Gasteiger charge is -2.22. The second-order valence-electron chi connectivity index (χ2n) is 6.20. The van der Waals surface area contributed by atoms with Crippen molar-refractivity contribution in [2.24, 2.45) is 5.41 Å². The number of amides is 1. The second kappa shape index (κ2) is 5.85. The van der Waals surface area contributed by atoms with Crippen LogP contribution in [0.25, 0.3) is 11.3 Å². The van der Waals surface area contributed by atoms with Crippen LogP contribution < -0.4 is 4.72 Å². The molecule has 1 saturated carbocycles. The Morgan fingerprint density at radius 1 is 1.13 bits per heavy atom. The summed E-state index contributed by atoms with van der Waals surface area (Å²) in [5.41, 5.74) is 0.198. The molecule has 1 fully saturated rings. The third-order valence-electron chi connectivity index (χ3n) is 4.45. The summed E-state index contributed by atoms with van der Waals surface area (Å²) in [6, 6.07) is 9.84. The van der Waals surface area contributed by atoms with E-state index in [0.29, 0.717) is 5.76 Å². The van der Waals surface area contributed by atoms with Crippen LogP contribution in [0.5, 0.6) is 0 Å². The zero-order chi connectivity index (χ0) is 16.5. The summed E-state index contributed by atoms with van der Waals surface area (Å²) in [5, 5.41) is 0. The molecule has 1 heterocycles. The maximum absolute atomic E-state index is 12.4. The van der Waals surface area contributed by atoms with E-state index in [0.717, 1.165) is 31.2 Å². The summed E-state index contributed by atoms with van der Waals surface area (Å²) < 4.78 is 32.3. The Bertz CT molecular complexity index is 786. The number of benzene rings is 1. The Hall–Kier alpha value is -2.08. The molecule has 122 valence electrons. The molecule has 1 aliphatic carbocycles. The molecular formula is C17H19NO4S. The van der Waals surface area contributed by atoms with Gasteiger partial charge in [-0.05, 0) is 49.2 Å². The molecular weight excluding hydrogens is 314 g/mol. The second-order valence-corrected chi connectivity index (χ2v) is 7.89. The SMILES string of the molecule is CC1(C(=O)NS(=O)(=O)c2ccc(-c3ccco3)cc2)CCCC1. The fourth-order valence-corrected chi connectivity index (χ4v) is 4.03. The summed E-state index contributed by atoms with van der Waals surface area (Å²) in [6.45, 7) is 1.82. The highest BCUT2D eigenvalue weighted by Gasteiger charge is 2.38. The molecule has 0 radical (unpaired) electrons. The van der Waals surface area contributed by atoms with Gasteiger partial charge in [-0.1, -0.05) is 19.8 Å². The zero-order valence-corrected chi connectivity index (χ0v) is 13.7. The van der Waals surface area contributed by atoms with E-state index in [1.807, 2.05) is 6.92 Å². The van der Waals surface area contributed by atoms with Gasteiger partial charge in [0.05, 0.1) is 11.2 Å². The van der Waals surface area contributed by atoms with Crippen LogP contribution in [0, 0.1) is 5.41 Å². The van der Waals surface area contributed by atoms with Crippen molar-refractivity contribution in [3.63, 3.8) is 0 Å². The average Bonchev–Trinajstić information content (AvgIpc) is 3.19. The number of rotatable bonds is 4. The Morgan fingerprint density at radius 3 is 2.35 bits per heavy atom. The minimum absolute atomic E-state index is 0.0720.